The lowest BCUT2D eigenvalue weighted by Gasteiger charge is -2.07. The fourth-order valence-electron chi connectivity index (χ4n) is 4.11. The summed E-state index contributed by atoms with van der Waals surface area (Å²) in [5.41, 5.74) is 7.34. The second kappa shape index (κ2) is 21.6. The van der Waals surface area contributed by atoms with Gasteiger partial charge in [0.1, 0.15) is 0 Å². The summed E-state index contributed by atoms with van der Waals surface area (Å²) in [5.74, 6) is 0. The van der Waals surface area contributed by atoms with Crippen molar-refractivity contribution in [2.24, 2.45) is 0 Å². The van der Waals surface area contributed by atoms with E-state index in [1.807, 2.05) is 126 Å². The Hall–Kier alpha value is -3.25. The summed E-state index contributed by atoms with van der Waals surface area (Å²) in [6.07, 6.45) is 0. The summed E-state index contributed by atoms with van der Waals surface area (Å²) < 4.78 is 9.51. The van der Waals surface area contributed by atoms with Gasteiger partial charge in [-0.25, -0.2) is 14.8 Å². The van der Waals surface area contributed by atoms with Crippen LogP contribution in [0.15, 0.2) is 102 Å². The minimum atomic E-state index is -3.22. The summed E-state index contributed by atoms with van der Waals surface area (Å²) in [6.45, 7) is 12.1. The largest absolute Gasteiger partial charge is 0.345 e. The van der Waals surface area contributed by atoms with Crippen LogP contribution in [0.1, 0.15) is 53.7 Å². The first-order valence-electron chi connectivity index (χ1n) is 14.2. The topological polar surface area (TPSA) is 88.6 Å². The van der Waals surface area contributed by atoms with E-state index in [0.717, 1.165) is 49.9 Å². The Kier molecular flexibility index (Phi) is 20.1. The fraction of sp³-hybridized carbons (Fsp3) is 0.222. The zero-order chi connectivity index (χ0) is 33.6. The van der Waals surface area contributed by atoms with Gasteiger partial charge in [-0.05, 0) is 83.4 Å². The van der Waals surface area contributed by atoms with Gasteiger partial charge in [-0.2, -0.15) is 4.98 Å². The lowest BCUT2D eigenvalue weighted by molar-refractivity contribution is 0.600. The van der Waals surface area contributed by atoms with Gasteiger partial charge in [0, 0.05) is 21.9 Å². The molecule has 2 aromatic heterocycles. The number of nitrogens with one attached hydrogen (secondary N) is 1. The van der Waals surface area contributed by atoms with Crippen molar-refractivity contribution >= 4 is 72.3 Å². The number of benzene rings is 4. The van der Waals surface area contributed by atoms with Crippen molar-refractivity contribution in [3.8, 4) is 22.5 Å². The fourth-order valence-corrected chi connectivity index (χ4v) is 4.29. The average molecular weight is 737 g/mol. The van der Waals surface area contributed by atoms with Gasteiger partial charge in [0.2, 0.25) is 5.28 Å². The van der Waals surface area contributed by atoms with Gasteiger partial charge in [-0.3, -0.25) is 4.57 Å². The van der Waals surface area contributed by atoms with E-state index in [4.69, 9.17) is 11.6 Å². The number of aryl methyl sites for hydroxylation is 2. The molecule has 2 heterocycles. The quantitative estimate of drug-likeness (QED) is 0.141. The van der Waals surface area contributed by atoms with Gasteiger partial charge in [0.05, 0.1) is 22.4 Å². The van der Waals surface area contributed by atoms with Crippen LogP contribution in [-0.2, 0) is 4.57 Å². The highest BCUT2D eigenvalue weighted by Gasteiger charge is 2.09. The van der Waals surface area contributed by atoms with Crippen LogP contribution < -0.4 is 5.69 Å². The molecule has 252 valence electrons. The number of nitrogens with zero attached hydrogens (tertiary/aromatic N) is 3. The Morgan fingerprint density at radius 1 is 0.617 bits per heavy atom. The van der Waals surface area contributed by atoms with E-state index in [1.54, 1.807) is 0 Å². The van der Waals surface area contributed by atoms with Gasteiger partial charge in [0.15, 0.2) is 0 Å². The second-order valence-electron chi connectivity index (χ2n) is 8.93. The molecule has 0 spiro atoms. The Morgan fingerprint density at radius 2 is 1.04 bits per heavy atom. The third kappa shape index (κ3) is 14.2. The van der Waals surface area contributed by atoms with Crippen molar-refractivity contribution < 1.29 is 4.57 Å². The molecule has 6 aromatic rings. The number of aromatic amines is 1. The molecule has 0 amide bonds. The van der Waals surface area contributed by atoms with Crippen LogP contribution in [0.25, 0.3) is 44.3 Å². The molecular formula is C36H43Cl4N4O2P. The van der Waals surface area contributed by atoms with Gasteiger partial charge in [-0.1, -0.05) is 126 Å². The maximum atomic E-state index is 11.6. The predicted molar refractivity (Wildman–Crippen MR) is 209 cm³/mol. The number of hydrogen-bond acceptors (Lipinski definition) is 5. The first kappa shape index (κ1) is 43.8. The van der Waals surface area contributed by atoms with E-state index in [1.165, 1.54) is 5.56 Å². The monoisotopic (exact) mass is 734 g/mol. The van der Waals surface area contributed by atoms with E-state index in [2.05, 4.69) is 66.6 Å². The van der Waals surface area contributed by atoms with Crippen LogP contribution in [0.5, 0.6) is 0 Å². The van der Waals surface area contributed by atoms with Gasteiger partial charge in [0.25, 0.3) is 0 Å². The molecule has 0 aliphatic rings. The molecule has 1 N–H and O–H groups in total. The summed E-state index contributed by atoms with van der Waals surface area (Å²) in [6, 6.07) is 31.8. The van der Waals surface area contributed by atoms with E-state index in [0.29, 0.717) is 0 Å². The molecule has 0 radical (unpaired) electrons. The van der Waals surface area contributed by atoms with Crippen LogP contribution in [-0.4, -0.2) is 19.9 Å². The molecule has 0 saturated carbocycles. The van der Waals surface area contributed by atoms with Crippen molar-refractivity contribution in [2.45, 2.75) is 56.4 Å². The normalized spacial score (nSPS) is 9.74. The molecule has 6 rings (SSSR count). The highest BCUT2D eigenvalue weighted by Crippen LogP contribution is 2.61. The lowest BCUT2D eigenvalue weighted by Crippen LogP contribution is -2.11. The van der Waals surface area contributed by atoms with Crippen molar-refractivity contribution in [1.29, 1.82) is 0 Å². The summed E-state index contributed by atoms with van der Waals surface area (Å²) >= 11 is 19.8. The standard InChI is InChI=1S/C15H11ClN2.C15H12N2O.2C2H6.2CH4.Cl3OP/c1-10-7-8-13-12(9-10)14(18-15(16)17-13)11-5-3-2-4-6-11;1-10-7-8-13-12(9-10)14(17-15(18)16-13)11-5-3-2-4-6-11;2*1-2;;;1-5(2,3)4/h2-9H,1H3;2-9H,1H3,(H,16,17,18);2*1-2H3;2*1H4;. The minimum absolute atomic E-state index is 0. The summed E-state index contributed by atoms with van der Waals surface area (Å²) in [5, 5.41) is -0.934. The Balaban J connectivity index is 0.000000699. The molecule has 0 fully saturated rings. The molecule has 0 aliphatic heterocycles. The number of H-pyrrole nitrogens is 1. The minimum Gasteiger partial charge on any atom is -0.305 e. The number of rotatable bonds is 2. The molecule has 0 bridgehead atoms. The van der Waals surface area contributed by atoms with Crippen molar-refractivity contribution in [3.05, 3.63) is 124 Å². The summed E-state index contributed by atoms with van der Waals surface area (Å²) in [7, 11) is 0. The van der Waals surface area contributed by atoms with E-state index in [-0.39, 0.29) is 25.8 Å². The predicted octanol–water partition coefficient (Wildman–Crippen LogP) is 13.3. The molecule has 11 heteroatoms. The van der Waals surface area contributed by atoms with Crippen molar-refractivity contribution in [2.75, 3.05) is 0 Å². The Labute approximate surface area is 298 Å². The van der Waals surface area contributed by atoms with E-state index >= 15 is 0 Å². The molecule has 0 saturated heterocycles. The first-order chi connectivity index (χ1) is 21.5. The van der Waals surface area contributed by atoms with Crippen LogP contribution in [0.2, 0.25) is 5.28 Å². The zero-order valence-corrected chi connectivity index (χ0v) is 29.8. The maximum Gasteiger partial charge on any atom is 0.345 e. The second-order valence-corrected chi connectivity index (χ2v) is 15.9. The van der Waals surface area contributed by atoms with Crippen LogP contribution >= 0.6 is 50.5 Å². The number of fused-ring (bicyclic) bond motifs is 2. The average Bonchev–Trinajstić information content (AvgIpc) is 3.03. The molecule has 0 atom stereocenters. The molecule has 6 nitrogen and oxygen atoms in total. The Bertz CT molecular complexity index is 1910. The Morgan fingerprint density at radius 3 is 1.53 bits per heavy atom. The molecular weight excluding hydrogens is 693 g/mol. The molecule has 4 aromatic carbocycles. The number of hydrogen-bond donors (Lipinski definition) is 1. The van der Waals surface area contributed by atoms with Gasteiger partial charge >= 0.3 is 10.9 Å². The lowest BCUT2D eigenvalue weighted by atomic mass is 10.1. The van der Waals surface area contributed by atoms with Gasteiger partial charge in [-0.15, -0.1) is 0 Å². The van der Waals surface area contributed by atoms with Crippen molar-refractivity contribution in [1.82, 2.24) is 19.9 Å². The van der Waals surface area contributed by atoms with E-state index < -0.39 is 5.20 Å². The van der Waals surface area contributed by atoms with Crippen LogP contribution in [0.4, 0.5) is 0 Å². The zero-order valence-electron chi connectivity index (χ0n) is 25.9. The van der Waals surface area contributed by atoms with Crippen LogP contribution in [0, 0.1) is 13.8 Å². The third-order valence-corrected chi connectivity index (χ3v) is 5.97. The maximum absolute atomic E-state index is 11.6. The number of halogens is 4. The van der Waals surface area contributed by atoms with E-state index in [9.17, 15) is 9.36 Å². The molecule has 0 unspecified atom stereocenters. The van der Waals surface area contributed by atoms with Crippen molar-refractivity contribution in [3.63, 3.8) is 0 Å². The third-order valence-electron chi connectivity index (χ3n) is 5.80. The van der Waals surface area contributed by atoms with Crippen LogP contribution in [0.3, 0.4) is 0 Å². The highest BCUT2D eigenvalue weighted by atomic mass is 36.0. The molecule has 47 heavy (non-hydrogen) atoms. The smallest absolute Gasteiger partial charge is 0.305 e. The van der Waals surface area contributed by atoms with Gasteiger partial charge < -0.3 is 4.98 Å². The SMILES string of the molecule is C.C.CC.CC.Cc1ccc2[nH]c(=O)nc(-c3ccccc3)c2c1.Cc1ccc2nc(Cl)nc(-c3ccccc3)c2c1.O=P(Cl)(Cl)Cl. The summed E-state index contributed by atoms with van der Waals surface area (Å²) in [4.78, 5) is 27.1. The highest BCUT2D eigenvalue weighted by molar-refractivity contribution is 8.24. The molecule has 0 aliphatic carbocycles. The number of aromatic nitrogens is 4. The first-order valence-corrected chi connectivity index (χ1v) is 19.0.